The van der Waals surface area contributed by atoms with Crippen molar-refractivity contribution in [2.45, 2.75) is 27.7 Å². The largest absolute Gasteiger partial charge is 0.462 e. The molecule has 0 saturated carbocycles. The molecular weight excluding hydrogens is 428 g/mol. The number of amides is 1. The van der Waals surface area contributed by atoms with Gasteiger partial charge in [0.15, 0.2) is 0 Å². The first kappa shape index (κ1) is 23.7. The third-order valence-corrected chi connectivity index (χ3v) is 5.75. The first-order chi connectivity index (χ1) is 13.9. The Labute approximate surface area is 182 Å². The summed E-state index contributed by atoms with van der Waals surface area (Å²) in [5.74, 6) is -1.10. The summed E-state index contributed by atoms with van der Waals surface area (Å²) in [6.45, 7) is 7.03. The molecular formula is C21H25ClN2O5S. The number of carbonyl (C=O) groups is 2. The van der Waals surface area contributed by atoms with Crippen molar-refractivity contribution < 1.29 is 22.7 Å². The lowest BCUT2D eigenvalue weighted by molar-refractivity contribution is -0.114. The summed E-state index contributed by atoms with van der Waals surface area (Å²) >= 11 is 6.12. The fourth-order valence-corrected chi connectivity index (χ4v) is 4.46. The summed E-state index contributed by atoms with van der Waals surface area (Å²) in [6, 6.07) is 8.10. The van der Waals surface area contributed by atoms with E-state index in [0.29, 0.717) is 11.4 Å². The van der Waals surface area contributed by atoms with Crippen molar-refractivity contribution in [3.05, 3.63) is 57.6 Å². The predicted octanol–water partition coefficient (Wildman–Crippen LogP) is 3.85. The van der Waals surface area contributed by atoms with Gasteiger partial charge in [0.25, 0.3) is 0 Å². The average Bonchev–Trinajstić information content (AvgIpc) is 2.59. The zero-order valence-electron chi connectivity index (χ0n) is 17.6. The van der Waals surface area contributed by atoms with Crippen LogP contribution in [-0.2, 0) is 19.6 Å². The molecule has 0 bridgehead atoms. The molecule has 0 saturated heterocycles. The number of nitrogens with zero attached hydrogens (tertiary/aromatic N) is 1. The fourth-order valence-electron chi connectivity index (χ4n) is 3.23. The molecule has 2 rings (SSSR count). The van der Waals surface area contributed by atoms with Crippen molar-refractivity contribution >= 4 is 44.9 Å². The number of ether oxygens (including phenoxy) is 1. The van der Waals surface area contributed by atoms with E-state index in [1.54, 1.807) is 20.8 Å². The molecule has 1 N–H and O–H groups in total. The van der Waals surface area contributed by atoms with E-state index in [0.717, 1.165) is 27.3 Å². The second-order valence-electron chi connectivity index (χ2n) is 6.98. The van der Waals surface area contributed by atoms with Crippen LogP contribution in [0.5, 0.6) is 0 Å². The van der Waals surface area contributed by atoms with Crippen LogP contribution in [0.3, 0.4) is 0 Å². The molecule has 1 amide bonds. The van der Waals surface area contributed by atoms with Crippen molar-refractivity contribution in [3.63, 3.8) is 0 Å². The number of esters is 1. The first-order valence-electron chi connectivity index (χ1n) is 9.26. The van der Waals surface area contributed by atoms with Crippen molar-refractivity contribution in [1.82, 2.24) is 0 Å². The molecule has 0 aliphatic heterocycles. The lowest BCUT2D eigenvalue weighted by Crippen LogP contribution is -2.38. The van der Waals surface area contributed by atoms with Gasteiger partial charge in [0.05, 0.1) is 29.1 Å². The number of hydrogen-bond donors (Lipinski definition) is 1. The normalized spacial score (nSPS) is 11.1. The SMILES string of the molecule is CCOC(=O)c1ccc(NC(=O)CN(c2c(C)cc(C)cc2C)S(C)(=O)=O)cc1Cl. The molecule has 0 heterocycles. The zero-order chi connectivity index (χ0) is 22.6. The Balaban J connectivity index is 2.26. The maximum Gasteiger partial charge on any atom is 0.339 e. The van der Waals surface area contributed by atoms with Gasteiger partial charge in [0.1, 0.15) is 6.54 Å². The molecule has 7 nitrogen and oxygen atoms in total. The summed E-state index contributed by atoms with van der Waals surface area (Å²) < 4.78 is 30.8. The fraction of sp³-hybridized carbons (Fsp3) is 0.333. The van der Waals surface area contributed by atoms with Crippen LogP contribution in [0.1, 0.15) is 34.0 Å². The van der Waals surface area contributed by atoms with Crippen LogP contribution in [0, 0.1) is 20.8 Å². The Bertz CT molecular complexity index is 1060. The number of benzene rings is 2. The van der Waals surface area contributed by atoms with E-state index in [1.165, 1.54) is 18.2 Å². The highest BCUT2D eigenvalue weighted by Crippen LogP contribution is 2.28. The smallest absolute Gasteiger partial charge is 0.339 e. The molecule has 0 aliphatic rings. The maximum atomic E-state index is 12.6. The Morgan fingerprint density at radius 2 is 1.70 bits per heavy atom. The van der Waals surface area contributed by atoms with Crippen LogP contribution >= 0.6 is 11.6 Å². The Kier molecular flexibility index (Phi) is 7.49. The van der Waals surface area contributed by atoms with Gasteiger partial charge in [-0.05, 0) is 57.0 Å². The van der Waals surface area contributed by atoms with Gasteiger partial charge in [0.2, 0.25) is 15.9 Å². The molecule has 0 aromatic heterocycles. The minimum absolute atomic E-state index is 0.122. The molecule has 9 heteroatoms. The predicted molar refractivity (Wildman–Crippen MR) is 119 cm³/mol. The van der Waals surface area contributed by atoms with Gasteiger partial charge in [-0.1, -0.05) is 29.3 Å². The quantitative estimate of drug-likeness (QED) is 0.644. The number of hydrogen-bond acceptors (Lipinski definition) is 5. The molecule has 0 spiro atoms. The highest BCUT2D eigenvalue weighted by atomic mass is 35.5. The number of aryl methyl sites for hydroxylation is 3. The molecule has 0 aliphatic carbocycles. The van der Waals surface area contributed by atoms with Crippen molar-refractivity contribution in [2.24, 2.45) is 0 Å². The number of sulfonamides is 1. The highest BCUT2D eigenvalue weighted by molar-refractivity contribution is 7.92. The topological polar surface area (TPSA) is 92.8 Å². The third kappa shape index (κ3) is 5.73. The van der Waals surface area contributed by atoms with E-state index >= 15 is 0 Å². The lowest BCUT2D eigenvalue weighted by atomic mass is 10.1. The van der Waals surface area contributed by atoms with Gasteiger partial charge < -0.3 is 10.1 Å². The Morgan fingerprint density at radius 1 is 1.10 bits per heavy atom. The number of anilines is 2. The minimum Gasteiger partial charge on any atom is -0.462 e. The van der Waals surface area contributed by atoms with Gasteiger partial charge in [-0.25, -0.2) is 13.2 Å². The molecule has 2 aromatic carbocycles. The van der Waals surface area contributed by atoms with Gasteiger partial charge in [-0.2, -0.15) is 0 Å². The van der Waals surface area contributed by atoms with Crippen LogP contribution in [-0.4, -0.2) is 39.7 Å². The standard InChI is InChI=1S/C21H25ClN2O5S/c1-6-29-21(26)17-8-7-16(11-18(17)22)23-19(25)12-24(30(5,27)28)20-14(3)9-13(2)10-15(20)4/h7-11H,6,12H2,1-5H3,(H,23,25). The molecule has 0 fully saturated rings. The van der Waals surface area contributed by atoms with Crippen LogP contribution in [0.25, 0.3) is 0 Å². The van der Waals surface area contributed by atoms with Crippen LogP contribution in [0.15, 0.2) is 30.3 Å². The van der Waals surface area contributed by atoms with E-state index in [9.17, 15) is 18.0 Å². The van der Waals surface area contributed by atoms with E-state index in [2.05, 4.69) is 5.32 Å². The maximum absolute atomic E-state index is 12.6. The second kappa shape index (κ2) is 9.49. The van der Waals surface area contributed by atoms with Gasteiger partial charge in [-0.3, -0.25) is 9.10 Å². The number of halogens is 1. The summed E-state index contributed by atoms with van der Waals surface area (Å²) in [6.07, 6.45) is 1.06. The summed E-state index contributed by atoms with van der Waals surface area (Å²) in [5, 5.41) is 2.74. The van der Waals surface area contributed by atoms with Crippen LogP contribution < -0.4 is 9.62 Å². The lowest BCUT2D eigenvalue weighted by Gasteiger charge is -2.26. The third-order valence-electron chi connectivity index (χ3n) is 4.32. The van der Waals surface area contributed by atoms with Crippen LogP contribution in [0.4, 0.5) is 11.4 Å². The summed E-state index contributed by atoms with van der Waals surface area (Å²) in [7, 11) is -3.71. The van der Waals surface area contributed by atoms with E-state index in [4.69, 9.17) is 16.3 Å². The molecule has 0 radical (unpaired) electrons. The second-order valence-corrected chi connectivity index (χ2v) is 9.29. The minimum atomic E-state index is -3.71. The first-order valence-corrected chi connectivity index (χ1v) is 11.5. The molecule has 162 valence electrons. The average molecular weight is 453 g/mol. The molecule has 0 unspecified atom stereocenters. The zero-order valence-corrected chi connectivity index (χ0v) is 19.1. The van der Waals surface area contributed by atoms with Gasteiger partial charge in [-0.15, -0.1) is 0 Å². The Morgan fingerprint density at radius 3 is 2.20 bits per heavy atom. The Hall–Kier alpha value is -2.58. The highest BCUT2D eigenvalue weighted by Gasteiger charge is 2.24. The number of rotatable bonds is 7. The van der Waals surface area contributed by atoms with Crippen molar-refractivity contribution in [2.75, 3.05) is 29.0 Å². The van der Waals surface area contributed by atoms with E-state index in [-0.39, 0.29) is 17.2 Å². The molecule has 0 atom stereocenters. The number of nitrogens with one attached hydrogen (secondary N) is 1. The van der Waals surface area contributed by atoms with Crippen LogP contribution in [0.2, 0.25) is 5.02 Å². The van der Waals surface area contributed by atoms with Gasteiger partial charge in [0, 0.05) is 5.69 Å². The van der Waals surface area contributed by atoms with Gasteiger partial charge >= 0.3 is 5.97 Å². The monoisotopic (exact) mass is 452 g/mol. The summed E-state index contributed by atoms with van der Waals surface area (Å²) in [4.78, 5) is 24.4. The molecule has 2 aromatic rings. The molecule has 30 heavy (non-hydrogen) atoms. The van der Waals surface area contributed by atoms with Crippen molar-refractivity contribution in [3.8, 4) is 0 Å². The number of carbonyl (C=O) groups excluding carboxylic acids is 2. The van der Waals surface area contributed by atoms with Crippen molar-refractivity contribution in [1.29, 1.82) is 0 Å². The summed E-state index contributed by atoms with van der Waals surface area (Å²) in [5.41, 5.74) is 3.51. The van der Waals surface area contributed by atoms with E-state index < -0.39 is 28.4 Å². The van der Waals surface area contributed by atoms with E-state index in [1.807, 2.05) is 19.1 Å².